The number of hydrogen-bond acceptors (Lipinski definition) is 3. The van der Waals surface area contributed by atoms with Gasteiger partial charge in [-0.2, -0.15) is 5.10 Å². The van der Waals surface area contributed by atoms with Gasteiger partial charge in [-0.15, -0.1) is 0 Å². The number of piperazine rings is 1. The van der Waals surface area contributed by atoms with Crippen molar-refractivity contribution in [2.24, 2.45) is 7.05 Å². The van der Waals surface area contributed by atoms with Crippen molar-refractivity contribution >= 4 is 5.69 Å². The van der Waals surface area contributed by atoms with Crippen molar-refractivity contribution in [2.75, 3.05) is 24.5 Å². The van der Waals surface area contributed by atoms with Crippen molar-refractivity contribution in [2.45, 2.75) is 44.6 Å². The Morgan fingerprint density at radius 3 is 2.72 bits per heavy atom. The first kappa shape index (κ1) is 12.0. The molecule has 0 unspecified atom stereocenters. The third kappa shape index (κ3) is 2.14. The summed E-state index contributed by atoms with van der Waals surface area (Å²) in [6, 6.07) is 0. The molecule has 18 heavy (non-hydrogen) atoms. The summed E-state index contributed by atoms with van der Waals surface area (Å²) in [4.78, 5) is 2.53. The first-order valence-corrected chi connectivity index (χ1v) is 7.19. The molecule has 1 aliphatic heterocycles. The second-order valence-electron chi connectivity index (χ2n) is 5.96. The van der Waals surface area contributed by atoms with Crippen LogP contribution in [0, 0.1) is 6.92 Å². The molecule has 1 aromatic heterocycles. The summed E-state index contributed by atoms with van der Waals surface area (Å²) in [5.41, 5.74) is 2.85. The fourth-order valence-electron chi connectivity index (χ4n) is 3.62. The topological polar surface area (TPSA) is 33.1 Å². The van der Waals surface area contributed by atoms with Crippen LogP contribution in [0.4, 0.5) is 5.69 Å². The zero-order valence-electron chi connectivity index (χ0n) is 11.6. The molecule has 0 atom stereocenters. The third-order valence-electron chi connectivity index (χ3n) is 4.51. The van der Waals surface area contributed by atoms with Gasteiger partial charge in [0.25, 0.3) is 0 Å². The van der Waals surface area contributed by atoms with Gasteiger partial charge in [-0.3, -0.25) is 4.68 Å². The van der Waals surface area contributed by atoms with Crippen molar-refractivity contribution in [1.82, 2.24) is 15.1 Å². The van der Waals surface area contributed by atoms with Gasteiger partial charge in [0, 0.05) is 38.4 Å². The molecule has 1 N–H and O–H groups in total. The first-order chi connectivity index (χ1) is 8.69. The van der Waals surface area contributed by atoms with Crippen LogP contribution < -0.4 is 10.2 Å². The van der Waals surface area contributed by atoms with Gasteiger partial charge in [0.2, 0.25) is 0 Å². The van der Waals surface area contributed by atoms with Gasteiger partial charge in [0.1, 0.15) is 0 Å². The Morgan fingerprint density at radius 2 is 2.06 bits per heavy atom. The van der Waals surface area contributed by atoms with Gasteiger partial charge < -0.3 is 10.2 Å². The average Bonchev–Trinajstić information content (AvgIpc) is 2.69. The smallest absolute Gasteiger partial charge is 0.0827 e. The quantitative estimate of drug-likeness (QED) is 0.823. The van der Waals surface area contributed by atoms with Crippen LogP contribution in [-0.2, 0) is 7.05 Å². The summed E-state index contributed by atoms with van der Waals surface area (Å²) in [7, 11) is 2.01. The van der Waals surface area contributed by atoms with Crippen molar-refractivity contribution in [3.63, 3.8) is 0 Å². The highest BCUT2D eigenvalue weighted by molar-refractivity contribution is 5.50. The second kappa shape index (κ2) is 4.57. The zero-order valence-corrected chi connectivity index (χ0v) is 11.6. The van der Waals surface area contributed by atoms with Crippen molar-refractivity contribution in [3.05, 3.63) is 11.9 Å². The van der Waals surface area contributed by atoms with Gasteiger partial charge >= 0.3 is 0 Å². The van der Waals surface area contributed by atoms with Crippen LogP contribution in [0.2, 0.25) is 0 Å². The highest BCUT2D eigenvalue weighted by Gasteiger charge is 2.36. The minimum atomic E-state index is 0.374. The van der Waals surface area contributed by atoms with E-state index in [-0.39, 0.29) is 0 Å². The standard InChI is InChI=1S/C14H24N4/c1-12-13(10-17(2)16-12)18-9-8-15-14(11-18)6-4-3-5-7-14/h10,15H,3-9,11H2,1-2H3. The normalized spacial score (nSPS) is 23.6. The summed E-state index contributed by atoms with van der Waals surface area (Å²) in [6.07, 6.45) is 9.01. The molecule has 4 nitrogen and oxygen atoms in total. The van der Waals surface area contributed by atoms with E-state index in [2.05, 4.69) is 28.4 Å². The lowest BCUT2D eigenvalue weighted by atomic mass is 9.80. The minimum Gasteiger partial charge on any atom is -0.366 e. The third-order valence-corrected chi connectivity index (χ3v) is 4.51. The maximum Gasteiger partial charge on any atom is 0.0827 e. The number of hydrogen-bond donors (Lipinski definition) is 1. The summed E-state index contributed by atoms with van der Waals surface area (Å²) in [5.74, 6) is 0. The monoisotopic (exact) mass is 248 g/mol. The second-order valence-corrected chi connectivity index (χ2v) is 5.96. The predicted octanol–water partition coefficient (Wildman–Crippen LogP) is 1.84. The summed E-state index contributed by atoms with van der Waals surface area (Å²) in [5, 5.41) is 8.27. The molecule has 4 heteroatoms. The highest BCUT2D eigenvalue weighted by atomic mass is 15.3. The van der Waals surface area contributed by atoms with Crippen molar-refractivity contribution in [3.8, 4) is 0 Å². The van der Waals surface area contributed by atoms with E-state index in [1.165, 1.54) is 37.8 Å². The van der Waals surface area contributed by atoms with E-state index < -0.39 is 0 Å². The lowest BCUT2D eigenvalue weighted by Gasteiger charge is -2.46. The molecule has 1 spiro atoms. The van der Waals surface area contributed by atoms with E-state index in [0.717, 1.165) is 25.3 Å². The number of aromatic nitrogens is 2. The van der Waals surface area contributed by atoms with Gasteiger partial charge in [0.15, 0.2) is 0 Å². The van der Waals surface area contributed by atoms with Crippen molar-refractivity contribution in [1.29, 1.82) is 0 Å². The van der Waals surface area contributed by atoms with E-state index in [0.29, 0.717) is 5.54 Å². The Morgan fingerprint density at radius 1 is 1.28 bits per heavy atom. The molecule has 0 radical (unpaired) electrons. The molecule has 3 rings (SSSR count). The Kier molecular flexibility index (Phi) is 3.06. The van der Waals surface area contributed by atoms with E-state index in [1.807, 2.05) is 11.7 Å². The lowest BCUT2D eigenvalue weighted by Crippen LogP contribution is -2.61. The maximum atomic E-state index is 4.47. The number of aryl methyl sites for hydroxylation is 2. The Balaban J connectivity index is 1.79. The molecule has 1 aromatic rings. The van der Waals surface area contributed by atoms with Gasteiger partial charge in [-0.25, -0.2) is 0 Å². The van der Waals surface area contributed by atoms with Gasteiger partial charge in [-0.05, 0) is 19.8 Å². The van der Waals surface area contributed by atoms with Gasteiger partial charge in [-0.1, -0.05) is 19.3 Å². The van der Waals surface area contributed by atoms with E-state index in [1.54, 1.807) is 0 Å². The van der Waals surface area contributed by atoms with E-state index >= 15 is 0 Å². The minimum absolute atomic E-state index is 0.374. The van der Waals surface area contributed by atoms with E-state index in [4.69, 9.17) is 0 Å². The lowest BCUT2D eigenvalue weighted by molar-refractivity contribution is 0.216. The fraction of sp³-hybridized carbons (Fsp3) is 0.786. The number of rotatable bonds is 1. The van der Waals surface area contributed by atoms with Gasteiger partial charge in [0.05, 0.1) is 11.4 Å². The molecule has 0 bridgehead atoms. The summed E-state index contributed by atoms with van der Waals surface area (Å²) in [6.45, 7) is 5.48. The summed E-state index contributed by atoms with van der Waals surface area (Å²) < 4.78 is 1.93. The van der Waals surface area contributed by atoms with Crippen LogP contribution in [0.15, 0.2) is 6.20 Å². The maximum absolute atomic E-state index is 4.47. The molecule has 0 amide bonds. The molecular weight excluding hydrogens is 224 g/mol. The van der Waals surface area contributed by atoms with Crippen LogP contribution in [0.1, 0.15) is 37.8 Å². The summed E-state index contributed by atoms with van der Waals surface area (Å²) >= 11 is 0. The van der Waals surface area contributed by atoms with Crippen LogP contribution in [-0.4, -0.2) is 35.0 Å². The average molecular weight is 248 g/mol. The molecule has 1 saturated heterocycles. The SMILES string of the molecule is Cc1nn(C)cc1N1CCNC2(CCCCC2)C1. The Bertz CT molecular complexity index is 412. The molecular formula is C14H24N4. The molecule has 2 aliphatic rings. The number of nitrogens with zero attached hydrogens (tertiary/aromatic N) is 3. The molecule has 2 heterocycles. The van der Waals surface area contributed by atoms with Crippen molar-refractivity contribution < 1.29 is 0 Å². The number of anilines is 1. The Labute approximate surface area is 109 Å². The molecule has 2 fully saturated rings. The molecule has 0 aromatic carbocycles. The zero-order chi connectivity index (χ0) is 12.6. The Hall–Kier alpha value is -1.03. The first-order valence-electron chi connectivity index (χ1n) is 7.19. The van der Waals surface area contributed by atoms with Crippen LogP contribution in [0.25, 0.3) is 0 Å². The number of nitrogens with one attached hydrogen (secondary N) is 1. The molecule has 1 saturated carbocycles. The predicted molar refractivity (Wildman–Crippen MR) is 74.0 cm³/mol. The molecule has 1 aliphatic carbocycles. The van der Waals surface area contributed by atoms with Crippen LogP contribution >= 0.6 is 0 Å². The largest absolute Gasteiger partial charge is 0.366 e. The van der Waals surface area contributed by atoms with Crippen LogP contribution in [0.3, 0.4) is 0 Å². The molecule has 100 valence electrons. The van der Waals surface area contributed by atoms with E-state index in [9.17, 15) is 0 Å². The fourth-order valence-corrected chi connectivity index (χ4v) is 3.62. The highest BCUT2D eigenvalue weighted by Crippen LogP contribution is 2.32. The van der Waals surface area contributed by atoms with Crippen LogP contribution in [0.5, 0.6) is 0 Å².